The minimum absolute atomic E-state index is 0.0300. The van der Waals surface area contributed by atoms with Gasteiger partial charge in [0, 0.05) is 19.1 Å². The molecule has 2 N–H and O–H groups in total. The van der Waals surface area contributed by atoms with Gasteiger partial charge >= 0.3 is 0 Å². The highest BCUT2D eigenvalue weighted by atomic mass is 16.5. The minimum atomic E-state index is -0.0300. The van der Waals surface area contributed by atoms with Gasteiger partial charge in [0.05, 0.1) is 0 Å². The van der Waals surface area contributed by atoms with Crippen LogP contribution in [0.1, 0.15) is 25.8 Å². The maximum absolute atomic E-state index is 12.2. The molecule has 1 saturated heterocycles. The Morgan fingerprint density at radius 2 is 2.05 bits per heavy atom. The van der Waals surface area contributed by atoms with Gasteiger partial charge in [-0.1, -0.05) is 31.5 Å². The quantitative estimate of drug-likeness (QED) is 0.918. The Bertz CT molecular complexity index is 468. The maximum atomic E-state index is 12.2. The first-order chi connectivity index (χ1) is 9.38. The lowest BCUT2D eigenvalue weighted by Crippen LogP contribution is -2.54. The fourth-order valence-electron chi connectivity index (χ4n) is 2.46. The van der Waals surface area contributed by atoms with Crippen molar-refractivity contribution in [3.8, 4) is 5.75 Å². The molecule has 0 aromatic heterocycles. The van der Waals surface area contributed by atoms with Crippen molar-refractivity contribution in [2.75, 3.05) is 19.7 Å². The second kappa shape index (κ2) is 5.83. The zero-order valence-electron chi connectivity index (χ0n) is 12.6. The summed E-state index contributed by atoms with van der Waals surface area (Å²) in [5, 5.41) is 0. The summed E-state index contributed by atoms with van der Waals surface area (Å²) in [7, 11) is 0. The van der Waals surface area contributed by atoms with Crippen LogP contribution in [0.3, 0.4) is 0 Å². The Balaban J connectivity index is 1.87. The second-order valence-corrected chi connectivity index (χ2v) is 6.30. The Hall–Kier alpha value is -1.55. The number of ether oxygens (including phenoxy) is 1. The Morgan fingerprint density at radius 1 is 1.40 bits per heavy atom. The number of nitrogens with two attached hydrogens (primary N) is 1. The second-order valence-electron chi connectivity index (χ2n) is 6.30. The van der Waals surface area contributed by atoms with E-state index in [2.05, 4.69) is 13.8 Å². The number of rotatable bonds is 3. The Kier molecular flexibility index (Phi) is 4.33. The van der Waals surface area contributed by atoms with Gasteiger partial charge in [-0.3, -0.25) is 4.79 Å². The van der Waals surface area contributed by atoms with Crippen LogP contribution < -0.4 is 10.5 Å². The van der Waals surface area contributed by atoms with Crippen LogP contribution in [0.5, 0.6) is 5.75 Å². The lowest BCUT2D eigenvalue weighted by Gasteiger charge is -2.42. The molecule has 0 bridgehead atoms. The van der Waals surface area contributed by atoms with E-state index < -0.39 is 0 Å². The van der Waals surface area contributed by atoms with E-state index >= 15 is 0 Å². The van der Waals surface area contributed by atoms with Crippen LogP contribution in [0.15, 0.2) is 24.3 Å². The Morgan fingerprint density at radius 3 is 2.65 bits per heavy atom. The van der Waals surface area contributed by atoms with Crippen molar-refractivity contribution in [1.29, 1.82) is 0 Å². The van der Waals surface area contributed by atoms with Crippen molar-refractivity contribution >= 4 is 5.91 Å². The number of benzene rings is 1. The zero-order chi connectivity index (χ0) is 14.8. The lowest BCUT2D eigenvalue weighted by molar-refractivity contribution is -0.136. The topological polar surface area (TPSA) is 55.6 Å². The number of nitrogens with zero attached hydrogens (tertiary/aromatic N) is 1. The molecule has 1 amide bonds. The van der Waals surface area contributed by atoms with E-state index in [0.717, 1.165) is 18.7 Å². The molecule has 0 spiro atoms. The first kappa shape index (κ1) is 14.9. The number of likely N-dealkylation sites (tertiary alicyclic amines) is 1. The number of piperidine rings is 1. The van der Waals surface area contributed by atoms with Gasteiger partial charge in [-0.25, -0.2) is 0 Å². The summed E-state index contributed by atoms with van der Waals surface area (Å²) in [6.07, 6.45) is 0.850. The molecule has 1 atom stereocenters. The third kappa shape index (κ3) is 3.51. The molecule has 4 heteroatoms. The van der Waals surface area contributed by atoms with Crippen LogP contribution in [0.4, 0.5) is 0 Å². The predicted octanol–water partition coefficient (Wildman–Crippen LogP) is 1.96. The van der Waals surface area contributed by atoms with E-state index in [4.69, 9.17) is 10.5 Å². The number of hydrogen-bond donors (Lipinski definition) is 1. The summed E-state index contributed by atoms with van der Waals surface area (Å²) in [5.41, 5.74) is 7.23. The molecule has 110 valence electrons. The van der Waals surface area contributed by atoms with Crippen molar-refractivity contribution < 1.29 is 9.53 Å². The number of amides is 1. The van der Waals surface area contributed by atoms with Gasteiger partial charge in [0.15, 0.2) is 6.61 Å². The van der Waals surface area contributed by atoms with E-state index in [0.29, 0.717) is 6.54 Å². The normalized spacial score (nSPS) is 21.6. The Labute approximate surface area is 120 Å². The van der Waals surface area contributed by atoms with E-state index in [1.54, 1.807) is 0 Å². The molecule has 1 fully saturated rings. The molecule has 0 radical (unpaired) electrons. The molecule has 0 aliphatic carbocycles. The number of aryl methyl sites for hydroxylation is 1. The first-order valence-electron chi connectivity index (χ1n) is 7.11. The van der Waals surface area contributed by atoms with Crippen LogP contribution in [0.25, 0.3) is 0 Å². The molecule has 1 unspecified atom stereocenters. The highest BCUT2D eigenvalue weighted by Gasteiger charge is 2.35. The van der Waals surface area contributed by atoms with Gasteiger partial charge in [-0.2, -0.15) is 0 Å². The standard InChI is InChI=1S/C16H24N2O2/c1-12-4-6-13(7-5-12)20-10-15(19)18-9-8-14(17)16(2,3)11-18/h4-7,14H,8-11,17H2,1-3H3. The molecule has 1 aromatic rings. The summed E-state index contributed by atoms with van der Waals surface area (Å²) < 4.78 is 5.55. The minimum Gasteiger partial charge on any atom is -0.484 e. The summed E-state index contributed by atoms with van der Waals surface area (Å²) >= 11 is 0. The van der Waals surface area contributed by atoms with Gasteiger partial charge in [0.2, 0.25) is 0 Å². The first-order valence-corrected chi connectivity index (χ1v) is 7.11. The third-order valence-electron chi connectivity index (χ3n) is 4.05. The highest BCUT2D eigenvalue weighted by molar-refractivity contribution is 5.78. The van der Waals surface area contributed by atoms with Crippen molar-refractivity contribution in [1.82, 2.24) is 4.90 Å². The summed E-state index contributed by atoms with van der Waals surface area (Å²) in [6, 6.07) is 7.88. The summed E-state index contributed by atoms with van der Waals surface area (Å²) in [5.74, 6) is 0.766. The zero-order valence-corrected chi connectivity index (χ0v) is 12.6. The lowest BCUT2D eigenvalue weighted by atomic mass is 9.80. The number of hydrogen-bond acceptors (Lipinski definition) is 3. The van der Waals surface area contributed by atoms with Gasteiger partial charge in [-0.05, 0) is 30.9 Å². The molecule has 4 nitrogen and oxygen atoms in total. The van der Waals surface area contributed by atoms with Gasteiger partial charge < -0.3 is 15.4 Å². The average Bonchev–Trinajstić information content (AvgIpc) is 2.41. The van der Waals surface area contributed by atoms with E-state index in [1.165, 1.54) is 5.56 Å². The SMILES string of the molecule is Cc1ccc(OCC(=O)N2CCC(N)C(C)(C)C2)cc1. The highest BCUT2D eigenvalue weighted by Crippen LogP contribution is 2.27. The van der Waals surface area contributed by atoms with Gasteiger partial charge in [-0.15, -0.1) is 0 Å². The molecule has 1 aliphatic rings. The fourth-order valence-corrected chi connectivity index (χ4v) is 2.46. The molecular weight excluding hydrogens is 252 g/mol. The van der Waals surface area contributed by atoms with Crippen LogP contribution in [0.2, 0.25) is 0 Å². The van der Waals surface area contributed by atoms with Crippen molar-refractivity contribution in [3.63, 3.8) is 0 Å². The van der Waals surface area contributed by atoms with Crippen molar-refractivity contribution in [2.45, 2.75) is 33.2 Å². The van der Waals surface area contributed by atoms with Gasteiger partial charge in [0.1, 0.15) is 5.75 Å². The summed E-state index contributed by atoms with van der Waals surface area (Å²) in [6.45, 7) is 7.75. The molecule has 0 saturated carbocycles. The van der Waals surface area contributed by atoms with Crippen LogP contribution in [-0.2, 0) is 4.79 Å². The third-order valence-corrected chi connectivity index (χ3v) is 4.05. The number of carbonyl (C=O) groups excluding carboxylic acids is 1. The van der Waals surface area contributed by atoms with E-state index in [9.17, 15) is 4.79 Å². The van der Waals surface area contributed by atoms with Crippen molar-refractivity contribution in [3.05, 3.63) is 29.8 Å². The average molecular weight is 276 g/mol. The van der Waals surface area contributed by atoms with Crippen LogP contribution >= 0.6 is 0 Å². The van der Waals surface area contributed by atoms with Crippen LogP contribution in [0, 0.1) is 12.3 Å². The fraction of sp³-hybridized carbons (Fsp3) is 0.562. The van der Waals surface area contributed by atoms with E-state index in [1.807, 2.05) is 36.1 Å². The molecule has 20 heavy (non-hydrogen) atoms. The van der Waals surface area contributed by atoms with Crippen LogP contribution in [-0.4, -0.2) is 36.5 Å². The van der Waals surface area contributed by atoms with Gasteiger partial charge in [0.25, 0.3) is 5.91 Å². The predicted molar refractivity (Wildman–Crippen MR) is 79.6 cm³/mol. The molecule has 1 aliphatic heterocycles. The molecular formula is C16H24N2O2. The van der Waals surface area contributed by atoms with E-state index in [-0.39, 0.29) is 24.0 Å². The summed E-state index contributed by atoms with van der Waals surface area (Å²) in [4.78, 5) is 14.1. The smallest absolute Gasteiger partial charge is 0.260 e. The number of carbonyl (C=O) groups is 1. The monoisotopic (exact) mass is 276 g/mol. The molecule has 1 aromatic carbocycles. The molecule has 1 heterocycles. The van der Waals surface area contributed by atoms with Crippen molar-refractivity contribution in [2.24, 2.45) is 11.1 Å². The molecule has 2 rings (SSSR count). The maximum Gasteiger partial charge on any atom is 0.260 e. The largest absolute Gasteiger partial charge is 0.484 e.